The molecular formula is C11H8ClNO3. The van der Waals surface area contributed by atoms with Crippen molar-refractivity contribution in [3.8, 4) is 5.75 Å². The van der Waals surface area contributed by atoms with Crippen LogP contribution in [0.5, 0.6) is 5.75 Å². The molecule has 2 rings (SSSR count). The second-order valence-electron chi connectivity index (χ2n) is 3.21. The molecule has 16 heavy (non-hydrogen) atoms. The number of rotatable bonds is 2. The molecule has 5 heteroatoms. The Morgan fingerprint density at radius 3 is 2.81 bits per heavy atom. The van der Waals surface area contributed by atoms with Crippen molar-refractivity contribution in [3.05, 3.63) is 39.1 Å². The molecule has 0 bridgehead atoms. The molecule has 1 aromatic heterocycles. The molecule has 0 amide bonds. The van der Waals surface area contributed by atoms with Gasteiger partial charge < -0.3 is 9.72 Å². The number of fused-ring (bicyclic) bond motifs is 1. The lowest BCUT2D eigenvalue weighted by atomic mass is 10.1. The minimum Gasteiger partial charge on any atom is -0.495 e. The number of carbonyl (C=O) groups excluding carboxylic acids is 1. The van der Waals surface area contributed by atoms with Gasteiger partial charge in [0.15, 0.2) is 6.29 Å². The van der Waals surface area contributed by atoms with Gasteiger partial charge >= 0.3 is 0 Å². The fourth-order valence-electron chi connectivity index (χ4n) is 1.48. The van der Waals surface area contributed by atoms with Crippen LogP contribution in [0.25, 0.3) is 10.9 Å². The van der Waals surface area contributed by atoms with E-state index < -0.39 is 5.56 Å². The van der Waals surface area contributed by atoms with Crippen LogP contribution in [0.2, 0.25) is 5.02 Å². The highest BCUT2D eigenvalue weighted by molar-refractivity contribution is 6.37. The fourth-order valence-corrected chi connectivity index (χ4v) is 1.78. The van der Waals surface area contributed by atoms with Crippen LogP contribution in [0.15, 0.2) is 23.0 Å². The van der Waals surface area contributed by atoms with E-state index in [1.54, 1.807) is 12.1 Å². The van der Waals surface area contributed by atoms with Crippen molar-refractivity contribution < 1.29 is 9.53 Å². The van der Waals surface area contributed by atoms with Crippen molar-refractivity contribution in [2.75, 3.05) is 7.11 Å². The molecule has 0 atom stereocenters. The molecule has 0 fully saturated rings. The van der Waals surface area contributed by atoms with Gasteiger partial charge in [-0.15, -0.1) is 0 Å². The number of aromatic nitrogens is 1. The Bertz CT molecular complexity index is 618. The van der Waals surface area contributed by atoms with Gasteiger partial charge in [-0.25, -0.2) is 0 Å². The molecule has 0 aliphatic heterocycles. The zero-order valence-corrected chi connectivity index (χ0v) is 9.17. The maximum absolute atomic E-state index is 11.4. The summed E-state index contributed by atoms with van der Waals surface area (Å²) < 4.78 is 5.04. The molecule has 2 aromatic rings. The Morgan fingerprint density at radius 2 is 2.19 bits per heavy atom. The van der Waals surface area contributed by atoms with Crippen molar-refractivity contribution in [2.45, 2.75) is 0 Å². The van der Waals surface area contributed by atoms with Gasteiger partial charge in [0, 0.05) is 5.39 Å². The number of H-pyrrole nitrogens is 1. The zero-order valence-electron chi connectivity index (χ0n) is 8.41. The van der Waals surface area contributed by atoms with Crippen LogP contribution < -0.4 is 10.3 Å². The highest BCUT2D eigenvalue weighted by Crippen LogP contribution is 2.31. The first-order valence-electron chi connectivity index (χ1n) is 4.52. The maximum Gasteiger partial charge on any atom is 0.259 e. The van der Waals surface area contributed by atoms with Gasteiger partial charge in [-0.1, -0.05) is 11.6 Å². The van der Waals surface area contributed by atoms with Gasteiger partial charge in [0.1, 0.15) is 5.75 Å². The summed E-state index contributed by atoms with van der Waals surface area (Å²) in [6.45, 7) is 0. The van der Waals surface area contributed by atoms with E-state index in [0.29, 0.717) is 28.0 Å². The lowest BCUT2D eigenvalue weighted by molar-refractivity contribution is 0.112. The highest BCUT2D eigenvalue weighted by Gasteiger charge is 2.08. The molecule has 1 heterocycles. The topological polar surface area (TPSA) is 59.2 Å². The minimum atomic E-state index is -0.427. The van der Waals surface area contributed by atoms with Crippen LogP contribution in [0, 0.1) is 0 Å². The third kappa shape index (κ3) is 1.57. The van der Waals surface area contributed by atoms with Crippen LogP contribution >= 0.6 is 11.6 Å². The van der Waals surface area contributed by atoms with Crippen LogP contribution in [0.4, 0.5) is 0 Å². The fraction of sp³-hybridized carbons (Fsp3) is 0.0909. The number of nitrogens with one attached hydrogen (secondary N) is 1. The number of halogens is 1. The van der Waals surface area contributed by atoms with Gasteiger partial charge in [0.25, 0.3) is 5.56 Å². The molecule has 0 radical (unpaired) electrons. The monoisotopic (exact) mass is 237 g/mol. The standard InChI is InChI=1S/C11H8ClNO3/c1-16-9-3-2-8-7(10(9)12)4-6(5-14)11(15)13-8/h2-5H,1H3,(H,13,15). The van der Waals surface area contributed by atoms with Gasteiger partial charge in [-0.3, -0.25) is 9.59 Å². The lowest BCUT2D eigenvalue weighted by Gasteiger charge is -2.06. The van der Waals surface area contributed by atoms with Crippen LogP contribution in [0.3, 0.4) is 0 Å². The van der Waals surface area contributed by atoms with E-state index in [4.69, 9.17) is 16.3 Å². The summed E-state index contributed by atoms with van der Waals surface area (Å²) in [7, 11) is 1.50. The third-order valence-corrected chi connectivity index (χ3v) is 2.69. The SMILES string of the molecule is COc1ccc2[nH]c(=O)c(C=O)cc2c1Cl. The van der Waals surface area contributed by atoms with E-state index >= 15 is 0 Å². The smallest absolute Gasteiger partial charge is 0.259 e. The van der Waals surface area contributed by atoms with Crippen molar-refractivity contribution in [1.29, 1.82) is 0 Å². The average molecular weight is 238 g/mol. The zero-order chi connectivity index (χ0) is 11.7. The number of ether oxygens (including phenoxy) is 1. The van der Waals surface area contributed by atoms with E-state index in [0.717, 1.165) is 0 Å². The summed E-state index contributed by atoms with van der Waals surface area (Å²) in [6.07, 6.45) is 0.494. The van der Waals surface area contributed by atoms with Crippen molar-refractivity contribution >= 4 is 28.8 Å². The van der Waals surface area contributed by atoms with Crippen molar-refractivity contribution in [2.24, 2.45) is 0 Å². The second kappa shape index (κ2) is 3.98. The summed E-state index contributed by atoms with van der Waals surface area (Å²) in [5.41, 5.74) is 0.188. The molecule has 0 spiro atoms. The number of benzene rings is 1. The minimum absolute atomic E-state index is 0.0441. The Morgan fingerprint density at radius 1 is 1.44 bits per heavy atom. The summed E-state index contributed by atoms with van der Waals surface area (Å²) >= 11 is 6.06. The van der Waals surface area contributed by atoms with E-state index in [-0.39, 0.29) is 5.56 Å². The van der Waals surface area contributed by atoms with E-state index in [2.05, 4.69) is 4.98 Å². The van der Waals surface area contributed by atoms with Crippen LogP contribution in [0.1, 0.15) is 10.4 Å². The normalized spacial score (nSPS) is 10.4. The van der Waals surface area contributed by atoms with E-state index in [1.165, 1.54) is 13.2 Å². The largest absolute Gasteiger partial charge is 0.495 e. The number of hydrogen-bond donors (Lipinski definition) is 1. The first kappa shape index (κ1) is 10.7. The summed E-state index contributed by atoms with van der Waals surface area (Å²) in [6, 6.07) is 4.78. The first-order chi connectivity index (χ1) is 7.67. The molecule has 1 N–H and O–H groups in total. The maximum atomic E-state index is 11.4. The first-order valence-corrected chi connectivity index (χ1v) is 4.90. The van der Waals surface area contributed by atoms with Gasteiger partial charge in [0.05, 0.1) is 23.2 Å². The average Bonchev–Trinajstić information content (AvgIpc) is 2.29. The van der Waals surface area contributed by atoms with E-state index in [1.807, 2.05) is 0 Å². The quantitative estimate of drug-likeness (QED) is 0.813. The molecular weight excluding hydrogens is 230 g/mol. The summed E-state index contributed by atoms with van der Waals surface area (Å²) in [5.74, 6) is 0.498. The number of aldehydes is 1. The predicted octanol–water partition coefficient (Wildman–Crippen LogP) is 2.00. The van der Waals surface area contributed by atoms with Gasteiger partial charge in [-0.2, -0.15) is 0 Å². The summed E-state index contributed by atoms with van der Waals surface area (Å²) in [4.78, 5) is 24.6. The highest BCUT2D eigenvalue weighted by atomic mass is 35.5. The molecule has 0 aliphatic rings. The van der Waals surface area contributed by atoms with Gasteiger partial charge in [0.2, 0.25) is 0 Å². The molecule has 0 saturated heterocycles. The molecule has 1 aromatic carbocycles. The molecule has 0 aliphatic carbocycles. The van der Waals surface area contributed by atoms with Gasteiger partial charge in [-0.05, 0) is 18.2 Å². The lowest BCUT2D eigenvalue weighted by Crippen LogP contribution is -2.11. The van der Waals surface area contributed by atoms with Crippen molar-refractivity contribution in [1.82, 2.24) is 4.98 Å². The number of pyridine rings is 1. The Balaban J connectivity index is 2.87. The Kier molecular flexibility index (Phi) is 2.66. The predicted molar refractivity (Wildman–Crippen MR) is 61.5 cm³/mol. The Hall–Kier alpha value is -1.81. The molecule has 4 nitrogen and oxygen atoms in total. The number of hydrogen-bond acceptors (Lipinski definition) is 3. The van der Waals surface area contributed by atoms with Crippen LogP contribution in [-0.4, -0.2) is 18.4 Å². The Labute approximate surface area is 95.8 Å². The third-order valence-electron chi connectivity index (χ3n) is 2.30. The summed E-state index contributed by atoms with van der Waals surface area (Å²) in [5, 5.41) is 0.960. The van der Waals surface area contributed by atoms with Crippen LogP contribution in [-0.2, 0) is 0 Å². The van der Waals surface area contributed by atoms with E-state index in [9.17, 15) is 9.59 Å². The molecule has 82 valence electrons. The number of methoxy groups -OCH3 is 1. The number of aromatic amines is 1. The number of carbonyl (C=O) groups is 1. The van der Waals surface area contributed by atoms with Crippen molar-refractivity contribution in [3.63, 3.8) is 0 Å². The molecule has 0 saturated carbocycles. The molecule has 0 unspecified atom stereocenters. The second-order valence-corrected chi connectivity index (χ2v) is 3.59.